The maximum atomic E-state index is 12.6. The molecule has 4 nitrogen and oxygen atoms in total. The highest BCUT2D eigenvalue weighted by Crippen LogP contribution is 2.30. The molecule has 19 heavy (non-hydrogen) atoms. The summed E-state index contributed by atoms with van der Waals surface area (Å²) in [5.74, 6) is 0.0372. The van der Waals surface area contributed by atoms with Crippen LogP contribution >= 0.6 is 0 Å². The molecule has 1 fully saturated rings. The van der Waals surface area contributed by atoms with Crippen molar-refractivity contribution in [3.8, 4) is 6.07 Å². The molecule has 0 unspecified atom stereocenters. The van der Waals surface area contributed by atoms with Crippen LogP contribution < -0.4 is 0 Å². The number of aromatic nitrogens is 1. The van der Waals surface area contributed by atoms with E-state index in [-0.39, 0.29) is 5.91 Å². The van der Waals surface area contributed by atoms with E-state index >= 15 is 0 Å². The van der Waals surface area contributed by atoms with Gasteiger partial charge in [-0.15, -0.1) is 0 Å². The summed E-state index contributed by atoms with van der Waals surface area (Å²) in [5, 5.41) is 9.66. The lowest BCUT2D eigenvalue weighted by Crippen LogP contribution is -2.33. The fraction of sp³-hybridized carbons (Fsp3) is 0.333. The second kappa shape index (κ2) is 4.77. The number of hydrogen-bond acceptors (Lipinski definition) is 2. The number of para-hydroxylation sites is 1. The third kappa shape index (κ3) is 2.19. The van der Waals surface area contributed by atoms with Gasteiger partial charge in [-0.1, -0.05) is 18.2 Å². The van der Waals surface area contributed by atoms with Gasteiger partial charge in [-0.3, -0.25) is 4.79 Å². The van der Waals surface area contributed by atoms with Gasteiger partial charge in [0, 0.05) is 29.7 Å². The first-order valence-corrected chi connectivity index (χ1v) is 6.55. The van der Waals surface area contributed by atoms with Gasteiger partial charge < -0.3 is 9.88 Å². The Kier molecular flexibility index (Phi) is 2.96. The summed E-state index contributed by atoms with van der Waals surface area (Å²) in [5.41, 5.74) is 1.68. The number of fused-ring (bicyclic) bond motifs is 1. The third-order valence-electron chi connectivity index (χ3n) is 3.53. The highest BCUT2D eigenvalue weighted by molar-refractivity contribution is 6.06. The highest BCUT2D eigenvalue weighted by atomic mass is 16.2. The molecule has 1 amide bonds. The number of hydrogen-bond donors (Lipinski definition) is 1. The zero-order valence-electron chi connectivity index (χ0n) is 10.6. The SMILES string of the molecule is N#CCCN(C(=O)c1c[nH]c2ccccc12)C1CC1. The Bertz CT molecular complexity index is 649. The number of carbonyl (C=O) groups excluding carboxylic acids is 1. The van der Waals surface area contributed by atoms with Crippen molar-refractivity contribution < 1.29 is 4.79 Å². The van der Waals surface area contributed by atoms with Crippen molar-refractivity contribution in [2.24, 2.45) is 0 Å². The molecule has 1 saturated carbocycles. The lowest BCUT2D eigenvalue weighted by atomic mass is 10.1. The van der Waals surface area contributed by atoms with Gasteiger partial charge in [0.1, 0.15) is 0 Å². The van der Waals surface area contributed by atoms with Crippen LogP contribution in [0.2, 0.25) is 0 Å². The Balaban J connectivity index is 1.91. The normalized spacial score (nSPS) is 14.3. The van der Waals surface area contributed by atoms with Crippen LogP contribution in [-0.4, -0.2) is 28.4 Å². The number of rotatable bonds is 4. The molecule has 2 aromatic rings. The van der Waals surface area contributed by atoms with E-state index in [9.17, 15) is 4.79 Å². The number of carbonyl (C=O) groups is 1. The third-order valence-corrected chi connectivity index (χ3v) is 3.53. The van der Waals surface area contributed by atoms with Crippen molar-refractivity contribution in [2.45, 2.75) is 25.3 Å². The van der Waals surface area contributed by atoms with E-state index in [1.807, 2.05) is 29.2 Å². The summed E-state index contributed by atoms with van der Waals surface area (Å²) < 4.78 is 0. The predicted molar refractivity (Wildman–Crippen MR) is 72.6 cm³/mol. The second-order valence-corrected chi connectivity index (χ2v) is 4.89. The van der Waals surface area contributed by atoms with Gasteiger partial charge >= 0.3 is 0 Å². The zero-order valence-corrected chi connectivity index (χ0v) is 10.6. The Morgan fingerprint density at radius 3 is 2.95 bits per heavy atom. The standard InChI is InChI=1S/C15H15N3O/c16-8-3-9-18(11-6-7-11)15(19)13-10-17-14-5-2-1-4-12(13)14/h1-2,4-5,10-11,17H,3,6-7,9H2. The summed E-state index contributed by atoms with van der Waals surface area (Å²) in [6.07, 6.45) is 4.28. The molecule has 1 aliphatic carbocycles. The number of amides is 1. The van der Waals surface area contributed by atoms with Crippen molar-refractivity contribution in [1.82, 2.24) is 9.88 Å². The van der Waals surface area contributed by atoms with Crippen LogP contribution in [0.25, 0.3) is 10.9 Å². The minimum atomic E-state index is 0.0372. The molecule has 1 N–H and O–H groups in total. The predicted octanol–water partition coefficient (Wildman–Crippen LogP) is 2.69. The van der Waals surface area contributed by atoms with Crippen LogP contribution in [0.15, 0.2) is 30.5 Å². The van der Waals surface area contributed by atoms with Crippen LogP contribution in [-0.2, 0) is 0 Å². The Morgan fingerprint density at radius 1 is 1.42 bits per heavy atom. The van der Waals surface area contributed by atoms with E-state index in [1.165, 1.54) is 0 Å². The van der Waals surface area contributed by atoms with E-state index in [0.29, 0.717) is 24.6 Å². The van der Waals surface area contributed by atoms with Crippen LogP contribution in [0.1, 0.15) is 29.6 Å². The summed E-state index contributed by atoms with van der Waals surface area (Å²) in [6.45, 7) is 0.527. The van der Waals surface area contributed by atoms with E-state index < -0.39 is 0 Å². The van der Waals surface area contributed by atoms with Gasteiger partial charge in [0.05, 0.1) is 18.1 Å². The van der Waals surface area contributed by atoms with Crippen molar-refractivity contribution in [1.29, 1.82) is 5.26 Å². The quantitative estimate of drug-likeness (QED) is 0.910. The van der Waals surface area contributed by atoms with Gasteiger partial charge in [0.25, 0.3) is 5.91 Å². The average Bonchev–Trinajstić information content (AvgIpc) is 3.18. The molecule has 1 aromatic heterocycles. The van der Waals surface area contributed by atoms with Crippen LogP contribution in [0.3, 0.4) is 0 Å². The maximum absolute atomic E-state index is 12.6. The van der Waals surface area contributed by atoms with Crippen LogP contribution in [0, 0.1) is 11.3 Å². The lowest BCUT2D eigenvalue weighted by molar-refractivity contribution is 0.0749. The zero-order chi connectivity index (χ0) is 13.2. The first kappa shape index (κ1) is 11.8. The van der Waals surface area contributed by atoms with Crippen molar-refractivity contribution in [2.75, 3.05) is 6.54 Å². The largest absolute Gasteiger partial charge is 0.360 e. The summed E-state index contributed by atoms with van der Waals surface area (Å²) in [4.78, 5) is 17.6. The van der Waals surface area contributed by atoms with Crippen molar-refractivity contribution in [3.05, 3.63) is 36.0 Å². The molecule has 1 heterocycles. The molecular formula is C15H15N3O. The maximum Gasteiger partial charge on any atom is 0.256 e. The molecule has 0 spiro atoms. The Hall–Kier alpha value is -2.28. The molecule has 3 rings (SSSR count). The number of nitrogens with zero attached hydrogens (tertiary/aromatic N) is 2. The fourth-order valence-electron chi connectivity index (χ4n) is 2.41. The molecule has 0 bridgehead atoms. The van der Waals surface area contributed by atoms with Crippen molar-refractivity contribution in [3.63, 3.8) is 0 Å². The number of H-pyrrole nitrogens is 1. The molecule has 1 aromatic carbocycles. The summed E-state index contributed by atoms with van der Waals surface area (Å²) in [6, 6.07) is 10.2. The average molecular weight is 253 g/mol. The van der Waals surface area contributed by atoms with Gasteiger partial charge in [-0.05, 0) is 18.9 Å². The van der Waals surface area contributed by atoms with Gasteiger partial charge in [0.2, 0.25) is 0 Å². The molecule has 0 atom stereocenters. The molecule has 0 radical (unpaired) electrons. The summed E-state index contributed by atoms with van der Waals surface area (Å²) in [7, 11) is 0. The lowest BCUT2D eigenvalue weighted by Gasteiger charge is -2.20. The van der Waals surface area contributed by atoms with Gasteiger partial charge in [0.15, 0.2) is 0 Å². The molecule has 0 aliphatic heterocycles. The van der Waals surface area contributed by atoms with Gasteiger partial charge in [-0.25, -0.2) is 0 Å². The minimum Gasteiger partial charge on any atom is -0.360 e. The molecule has 0 saturated heterocycles. The summed E-state index contributed by atoms with van der Waals surface area (Å²) >= 11 is 0. The molecule has 1 aliphatic rings. The molecule has 4 heteroatoms. The Labute approximate surface area is 111 Å². The topological polar surface area (TPSA) is 59.9 Å². The highest BCUT2D eigenvalue weighted by Gasteiger charge is 2.33. The minimum absolute atomic E-state index is 0.0372. The van der Waals surface area contributed by atoms with E-state index in [4.69, 9.17) is 5.26 Å². The van der Waals surface area contributed by atoms with E-state index in [2.05, 4.69) is 11.1 Å². The number of nitriles is 1. The monoisotopic (exact) mass is 253 g/mol. The van der Waals surface area contributed by atoms with Crippen LogP contribution in [0.4, 0.5) is 0 Å². The number of aromatic amines is 1. The Morgan fingerprint density at radius 2 is 2.21 bits per heavy atom. The first-order chi connectivity index (χ1) is 9.31. The van der Waals surface area contributed by atoms with Crippen LogP contribution in [0.5, 0.6) is 0 Å². The van der Waals surface area contributed by atoms with Gasteiger partial charge in [-0.2, -0.15) is 5.26 Å². The first-order valence-electron chi connectivity index (χ1n) is 6.55. The smallest absolute Gasteiger partial charge is 0.256 e. The molecular weight excluding hydrogens is 238 g/mol. The van der Waals surface area contributed by atoms with E-state index in [0.717, 1.165) is 23.7 Å². The second-order valence-electron chi connectivity index (χ2n) is 4.89. The number of nitrogens with one attached hydrogen (secondary N) is 1. The fourth-order valence-corrected chi connectivity index (χ4v) is 2.41. The molecule has 96 valence electrons. The number of benzene rings is 1. The van der Waals surface area contributed by atoms with Crippen molar-refractivity contribution >= 4 is 16.8 Å². The van der Waals surface area contributed by atoms with E-state index in [1.54, 1.807) is 6.20 Å².